The Labute approximate surface area is 205 Å². The molecule has 2 heterocycles. The average molecular weight is 498 g/mol. The summed E-state index contributed by atoms with van der Waals surface area (Å²) in [5, 5.41) is 21.5. The molecule has 1 saturated carbocycles. The minimum Gasteiger partial charge on any atom is -0.406 e. The number of hydrogen-bond acceptors (Lipinski definition) is 6. The smallest absolute Gasteiger partial charge is 0.406 e. The van der Waals surface area contributed by atoms with Crippen LogP contribution < -0.4 is 15.4 Å². The Kier molecular flexibility index (Phi) is 6.80. The zero-order valence-corrected chi connectivity index (χ0v) is 19.4. The molecule has 2 aromatic heterocycles. The Morgan fingerprint density at radius 1 is 0.944 bits per heavy atom. The van der Waals surface area contributed by atoms with Crippen molar-refractivity contribution in [1.29, 1.82) is 0 Å². The molecule has 1 atom stereocenters. The first kappa shape index (κ1) is 24.1. The van der Waals surface area contributed by atoms with E-state index >= 15 is 0 Å². The van der Waals surface area contributed by atoms with Gasteiger partial charge in [-0.2, -0.15) is 4.98 Å². The van der Waals surface area contributed by atoms with Crippen LogP contribution in [0.15, 0.2) is 66.7 Å². The van der Waals surface area contributed by atoms with Crippen molar-refractivity contribution in [1.82, 2.24) is 19.9 Å². The molecule has 0 aliphatic heterocycles. The Morgan fingerprint density at radius 2 is 1.67 bits per heavy atom. The summed E-state index contributed by atoms with van der Waals surface area (Å²) in [6.07, 6.45) is 0.364. The number of fused-ring (bicyclic) bond motifs is 1. The van der Waals surface area contributed by atoms with Gasteiger partial charge in [0.2, 0.25) is 5.95 Å². The van der Waals surface area contributed by atoms with E-state index in [2.05, 4.69) is 25.5 Å². The quantitative estimate of drug-likeness (QED) is 0.274. The molecule has 36 heavy (non-hydrogen) atoms. The summed E-state index contributed by atoms with van der Waals surface area (Å²) in [5.74, 6) is 0.0787. The third-order valence-corrected chi connectivity index (χ3v) is 6.22. The summed E-state index contributed by atoms with van der Waals surface area (Å²) in [4.78, 5) is 4.50. The summed E-state index contributed by atoms with van der Waals surface area (Å²) in [6, 6.07) is 18.8. The van der Waals surface area contributed by atoms with Gasteiger partial charge < -0.3 is 15.2 Å². The van der Waals surface area contributed by atoms with E-state index in [0.717, 1.165) is 24.1 Å². The minimum absolute atomic E-state index is 0.290. The molecule has 0 amide bonds. The predicted octanol–water partition coefficient (Wildman–Crippen LogP) is 5.95. The SMILES string of the molecule is OC(NC1CCCCC1)c1ccc(Nc2nc3cccc(-c4ccc(OC(F)(F)F)cc4)n3n2)cc1. The number of hydrogen-bond donors (Lipinski definition) is 3. The van der Waals surface area contributed by atoms with Gasteiger partial charge >= 0.3 is 6.36 Å². The van der Waals surface area contributed by atoms with Crippen molar-refractivity contribution in [3.05, 3.63) is 72.3 Å². The molecule has 188 valence electrons. The van der Waals surface area contributed by atoms with Gasteiger partial charge in [0, 0.05) is 17.3 Å². The number of nitrogens with one attached hydrogen (secondary N) is 2. The second-order valence-electron chi connectivity index (χ2n) is 8.84. The number of rotatable bonds is 7. The van der Waals surface area contributed by atoms with E-state index < -0.39 is 12.6 Å². The number of ether oxygens (including phenoxy) is 1. The van der Waals surface area contributed by atoms with Gasteiger partial charge in [-0.15, -0.1) is 18.3 Å². The molecule has 0 spiro atoms. The fraction of sp³-hybridized carbons (Fsp3) is 0.308. The summed E-state index contributed by atoms with van der Waals surface area (Å²) in [6.45, 7) is 0. The Balaban J connectivity index is 1.29. The van der Waals surface area contributed by atoms with Gasteiger partial charge in [-0.25, -0.2) is 4.52 Å². The molecule has 7 nitrogen and oxygen atoms in total. The highest BCUT2D eigenvalue weighted by Gasteiger charge is 2.31. The number of aliphatic hydroxyl groups is 1. The van der Waals surface area contributed by atoms with Crippen LogP contribution in [0.5, 0.6) is 5.75 Å². The number of anilines is 2. The average Bonchev–Trinajstić information content (AvgIpc) is 3.27. The van der Waals surface area contributed by atoms with E-state index in [-0.39, 0.29) is 5.75 Å². The molecule has 1 unspecified atom stereocenters. The molecule has 5 rings (SSSR count). The van der Waals surface area contributed by atoms with Crippen LogP contribution in [-0.4, -0.2) is 32.1 Å². The van der Waals surface area contributed by atoms with Crippen LogP contribution in [0, 0.1) is 0 Å². The molecule has 4 aromatic rings. The highest BCUT2D eigenvalue weighted by atomic mass is 19.4. The third-order valence-electron chi connectivity index (χ3n) is 6.22. The van der Waals surface area contributed by atoms with Gasteiger partial charge in [0.1, 0.15) is 12.0 Å². The number of nitrogens with zero attached hydrogens (tertiary/aromatic N) is 3. The summed E-state index contributed by atoms with van der Waals surface area (Å²) in [7, 11) is 0. The van der Waals surface area contributed by atoms with Crippen LogP contribution in [0.25, 0.3) is 16.9 Å². The lowest BCUT2D eigenvalue weighted by molar-refractivity contribution is -0.274. The van der Waals surface area contributed by atoms with Crippen molar-refractivity contribution in [2.45, 2.75) is 50.7 Å². The summed E-state index contributed by atoms with van der Waals surface area (Å²) in [5.41, 5.74) is 3.45. The molecule has 1 aliphatic rings. The minimum atomic E-state index is -4.74. The second kappa shape index (κ2) is 10.2. The molecule has 0 radical (unpaired) electrons. The van der Waals surface area contributed by atoms with Crippen LogP contribution in [0.1, 0.15) is 43.9 Å². The van der Waals surface area contributed by atoms with Gasteiger partial charge in [-0.1, -0.05) is 37.5 Å². The number of aliphatic hydroxyl groups excluding tert-OH is 1. The molecule has 2 aromatic carbocycles. The highest BCUT2D eigenvalue weighted by molar-refractivity contribution is 5.65. The summed E-state index contributed by atoms with van der Waals surface area (Å²) < 4.78 is 42.9. The Hall–Kier alpha value is -3.63. The Bertz CT molecular complexity index is 1300. The van der Waals surface area contributed by atoms with Crippen LogP contribution >= 0.6 is 0 Å². The lowest BCUT2D eigenvalue weighted by Gasteiger charge is -2.26. The molecule has 10 heteroatoms. The van der Waals surface area contributed by atoms with E-state index in [0.29, 0.717) is 28.9 Å². The van der Waals surface area contributed by atoms with Gasteiger partial charge in [0.25, 0.3) is 0 Å². The van der Waals surface area contributed by atoms with Crippen molar-refractivity contribution >= 4 is 17.3 Å². The van der Waals surface area contributed by atoms with Gasteiger partial charge in [0.05, 0.1) is 5.69 Å². The Morgan fingerprint density at radius 3 is 2.36 bits per heavy atom. The van der Waals surface area contributed by atoms with E-state index in [4.69, 9.17) is 0 Å². The zero-order chi connectivity index (χ0) is 25.1. The third kappa shape index (κ3) is 5.77. The fourth-order valence-corrected chi connectivity index (χ4v) is 4.47. The molecule has 1 fully saturated rings. The first-order valence-electron chi connectivity index (χ1n) is 11.9. The molecule has 0 bridgehead atoms. The van der Waals surface area contributed by atoms with Crippen molar-refractivity contribution in [3.63, 3.8) is 0 Å². The lowest BCUT2D eigenvalue weighted by atomic mass is 9.95. The van der Waals surface area contributed by atoms with E-state index in [1.165, 1.54) is 43.5 Å². The maximum absolute atomic E-state index is 12.4. The lowest BCUT2D eigenvalue weighted by Crippen LogP contribution is -2.34. The monoisotopic (exact) mass is 497 g/mol. The highest BCUT2D eigenvalue weighted by Crippen LogP contribution is 2.28. The standard InChI is InChI=1S/C26H26F3N5O2/c27-26(28,29)36-21-15-11-17(12-16-21)22-7-4-8-23-32-25(33-34(22)23)31-20-13-9-18(10-14-20)24(35)30-19-5-2-1-3-6-19/h4,7-16,19,24,30,35H,1-3,5-6H2,(H,31,33). The topological polar surface area (TPSA) is 83.7 Å². The first-order valence-corrected chi connectivity index (χ1v) is 11.9. The maximum atomic E-state index is 12.4. The van der Waals surface area contributed by atoms with Crippen LogP contribution in [0.3, 0.4) is 0 Å². The van der Waals surface area contributed by atoms with Crippen molar-refractivity contribution in [3.8, 4) is 17.0 Å². The van der Waals surface area contributed by atoms with E-state index in [1.54, 1.807) is 22.7 Å². The fourth-order valence-electron chi connectivity index (χ4n) is 4.47. The zero-order valence-electron chi connectivity index (χ0n) is 19.4. The number of aromatic nitrogens is 3. The number of alkyl halides is 3. The number of halogens is 3. The van der Waals surface area contributed by atoms with Gasteiger partial charge in [0.15, 0.2) is 5.65 Å². The first-order chi connectivity index (χ1) is 17.3. The largest absolute Gasteiger partial charge is 0.573 e. The molecule has 0 saturated heterocycles. The summed E-state index contributed by atoms with van der Waals surface area (Å²) >= 11 is 0. The number of pyridine rings is 1. The van der Waals surface area contributed by atoms with Crippen molar-refractivity contribution < 1.29 is 23.0 Å². The molecular formula is C26H26F3N5O2. The van der Waals surface area contributed by atoms with E-state index in [1.807, 2.05) is 24.3 Å². The van der Waals surface area contributed by atoms with Gasteiger partial charge in [-0.3, -0.25) is 5.32 Å². The maximum Gasteiger partial charge on any atom is 0.573 e. The van der Waals surface area contributed by atoms with E-state index in [9.17, 15) is 18.3 Å². The van der Waals surface area contributed by atoms with Crippen molar-refractivity contribution in [2.24, 2.45) is 0 Å². The van der Waals surface area contributed by atoms with Crippen molar-refractivity contribution in [2.75, 3.05) is 5.32 Å². The normalized spacial score (nSPS) is 15.7. The van der Waals surface area contributed by atoms with Gasteiger partial charge in [-0.05, 0) is 66.9 Å². The predicted molar refractivity (Wildman–Crippen MR) is 130 cm³/mol. The second-order valence-corrected chi connectivity index (χ2v) is 8.84. The van der Waals surface area contributed by atoms with Crippen LogP contribution in [-0.2, 0) is 0 Å². The molecule has 1 aliphatic carbocycles. The number of benzene rings is 2. The molecular weight excluding hydrogens is 471 g/mol. The van der Waals surface area contributed by atoms with Crippen LogP contribution in [0.4, 0.5) is 24.8 Å². The molecule has 3 N–H and O–H groups in total. The van der Waals surface area contributed by atoms with Crippen LogP contribution in [0.2, 0.25) is 0 Å².